The van der Waals surface area contributed by atoms with E-state index in [0.717, 1.165) is 5.56 Å². The van der Waals surface area contributed by atoms with Crippen molar-refractivity contribution in [3.63, 3.8) is 0 Å². The average molecular weight is 402 g/mol. The van der Waals surface area contributed by atoms with Crippen LogP contribution in [0.4, 0.5) is 0 Å². The molecule has 1 heterocycles. The highest BCUT2D eigenvalue weighted by atomic mass is 32.2. The average Bonchev–Trinajstić information content (AvgIpc) is 3.21. The summed E-state index contributed by atoms with van der Waals surface area (Å²) in [5, 5.41) is -1.11. The number of hydrogen-bond donors (Lipinski definition) is 0. The summed E-state index contributed by atoms with van der Waals surface area (Å²) in [6, 6.07) is 13.2. The molecule has 28 heavy (non-hydrogen) atoms. The van der Waals surface area contributed by atoms with E-state index in [1.165, 1.54) is 27.6 Å². The van der Waals surface area contributed by atoms with Crippen molar-refractivity contribution in [3.05, 3.63) is 71.7 Å². The van der Waals surface area contributed by atoms with E-state index in [1.807, 2.05) is 6.92 Å². The van der Waals surface area contributed by atoms with Crippen LogP contribution in [0.3, 0.4) is 0 Å². The van der Waals surface area contributed by atoms with Crippen LogP contribution in [0.1, 0.15) is 22.1 Å². The van der Waals surface area contributed by atoms with Crippen molar-refractivity contribution in [2.45, 2.75) is 17.1 Å². The van der Waals surface area contributed by atoms with E-state index in [-0.39, 0.29) is 10.7 Å². The van der Waals surface area contributed by atoms with Gasteiger partial charge in [0.25, 0.3) is 0 Å². The number of ether oxygens (including phenoxy) is 3. The van der Waals surface area contributed by atoms with Gasteiger partial charge in [0.2, 0.25) is 0 Å². The summed E-state index contributed by atoms with van der Waals surface area (Å²) < 4.78 is 48.8. The minimum Gasteiger partial charge on any atom is -0.496 e. The third kappa shape index (κ3) is 3.57. The molecule has 1 atom stereocenters. The number of hydrogen-bond acceptors (Lipinski definition) is 6. The molecule has 0 aliphatic carbocycles. The number of methoxy groups -OCH3 is 3. The summed E-state index contributed by atoms with van der Waals surface area (Å²) in [6.07, 6.45) is 1.44. The first-order valence-corrected chi connectivity index (χ1v) is 10.1. The predicted molar refractivity (Wildman–Crippen MR) is 105 cm³/mol. The molecule has 3 aromatic rings. The fraction of sp³-hybridized carbons (Fsp3) is 0.238. The molecule has 1 aromatic heterocycles. The minimum absolute atomic E-state index is 0.191. The van der Waals surface area contributed by atoms with Crippen LogP contribution < -0.4 is 14.2 Å². The number of furan rings is 1. The molecule has 2 aromatic carbocycles. The lowest BCUT2D eigenvalue weighted by Gasteiger charge is -2.21. The molecule has 0 radical (unpaired) electrons. The molecule has 0 bridgehead atoms. The Kier molecular flexibility index (Phi) is 5.65. The van der Waals surface area contributed by atoms with Gasteiger partial charge >= 0.3 is 0 Å². The van der Waals surface area contributed by atoms with Crippen molar-refractivity contribution < 1.29 is 27.0 Å². The Morgan fingerprint density at radius 2 is 1.46 bits per heavy atom. The molecule has 0 saturated heterocycles. The van der Waals surface area contributed by atoms with E-state index in [4.69, 9.17) is 18.6 Å². The van der Waals surface area contributed by atoms with E-state index in [0.29, 0.717) is 22.8 Å². The van der Waals surface area contributed by atoms with Gasteiger partial charge in [-0.25, -0.2) is 8.42 Å². The summed E-state index contributed by atoms with van der Waals surface area (Å²) in [5.41, 5.74) is 1.37. The zero-order valence-corrected chi connectivity index (χ0v) is 16.9. The third-order valence-electron chi connectivity index (χ3n) is 4.48. The Hall–Kier alpha value is -2.93. The van der Waals surface area contributed by atoms with Crippen LogP contribution in [-0.4, -0.2) is 29.7 Å². The van der Waals surface area contributed by atoms with E-state index in [2.05, 4.69) is 0 Å². The summed E-state index contributed by atoms with van der Waals surface area (Å²) in [7, 11) is 0.628. The van der Waals surface area contributed by atoms with Crippen molar-refractivity contribution in [1.29, 1.82) is 0 Å². The maximum Gasteiger partial charge on any atom is 0.192 e. The monoisotopic (exact) mass is 402 g/mol. The van der Waals surface area contributed by atoms with Crippen LogP contribution in [0.5, 0.6) is 17.2 Å². The van der Waals surface area contributed by atoms with E-state index >= 15 is 0 Å². The molecule has 7 heteroatoms. The molecule has 3 rings (SSSR count). The number of rotatable bonds is 7. The maximum absolute atomic E-state index is 13.6. The van der Waals surface area contributed by atoms with Crippen LogP contribution in [0.2, 0.25) is 0 Å². The maximum atomic E-state index is 13.6. The van der Waals surface area contributed by atoms with Gasteiger partial charge in [-0.1, -0.05) is 17.7 Å². The fourth-order valence-corrected chi connectivity index (χ4v) is 4.78. The van der Waals surface area contributed by atoms with Crippen LogP contribution in [0.25, 0.3) is 0 Å². The molecule has 1 unspecified atom stereocenters. The Labute approximate surface area is 164 Å². The van der Waals surface area contributed by atoms with Crippen molar-refractivity contribution in [1.82, 2.24) is 0 Å². The Balaban J connectivity index is 2.27. The Morgan fingerprint density at radius 3 is 2.00 bits per heavy atom. The van der Waals surface area contributed by atoms with Crippen LogP contribution in [0, 0.1) is 6.92 Å². The van der Waals surface area contributed by atoms with Crippen molar-refractivity contribution in [2.75, 3.05) is 21.3 Å². The Bertz CT molecular complexity index is 1040. The normalized spacial score (nSPS) is 12.4. The highest BCUT2D eigenvalue weighted by Gasteiger charge is 2.36. The molecule has 0 fully saturated rings. The number of aryl methyl sites for hydroxylation is 1. The highest BCUT2D eigenvalue weighted by molar-refractivity contribution is 7.91. The largest absolute Gasteiger partial charge is 0.496 e. The van der Waals surface area contributed by atoms with Crippen molar-refractivity contribution in [3.8, 4) is 17.2 Å². The van der Waals surface area contributed by atoms with Crippen molar-refractivity contribution >= 4 is 9.84 Å². The van der Waals surface area contributed by atoms with E-state index in [1.54, 1.807) is 48.5 Å². The van der Waals surface area contributed by atoms with Crippen LogP contribution >= 0.6 is 0 Å². The first-order chi connectivity index (χ1) is 13.4. The van der Waals surface area contributed by atoms with Crippen LogP contribution in [0.15, 0.2) is 64.1 Å². The summed E-state index contributed by atoms with van der Waals surface area (Å²) >= 11 is 0. The van der Waals surface area contributed by atoms with Gasteiger partial charge in [0.1, 0.15) is 11.5 Å². The smallest absolute Gasteiger partial charge is 0.192 e. The van der Waals surface area contributed by atoms with Gasteiger partial charge < -0.3 is 18.6 Å². The number of benzene rings is 2. The zero-order chi connectivity index (χ0) is 20.3. The SMILES string of the molecule is COc1cc(OC)c(C(c2ccco2)S(=O)(=O)c2ccc(C)cc2)cc1OC. The molecule has 0 amide bonds. The predicted octanol–water partition coefficient (Wildman–Crippen LogP) is 4.18. The molecule has 6 nitrogen and oxygen atoms in total. The molecule has 0 spiro atoms. The summed E-state index contributed by atoms with van der Waals surface area (Å²) in [5.74, 6) is 1.48. The second kappa shape index (κ2) is 7.98. The molecular formula is C21H22O6S. The molecule has 0 aliphatic heterocycles. The van der Waals surface area contributed by atoms with Gasteiger partial charge in [-0.2, -0.15) is 0 Å². The third-order valence-corrected chi connectivity index (χ3v) is 6.52. The van der Waals surface area contributed by atoms with Crippen molar-refractivity contribution in [2.24, 2.45) is 0 Å². The first kappa shape index (κ1) is 19.8. The van der Waals surface area contributed by atoms with E-state index < -0.39 is 15.1 Å². The Morgan fingerprint density at radius 1 is 0.857 bits per heavy atom. The lowest BCUT2D eigenvalue weighted by molar-refractivity contribution is 0.347. The lowest BCUT2D eigenvalue weighted by atomic mass is 10.1. The quantitative estimate of drug-likeness (QED) is 0.590. The second-order valence-corrected chi connectivity index (χ2v) is 8.24. The zero-order valence-electron chi connectivity index (χ0n) is 16.1. The summed E-state index contributed by atoms with van der Waals surface area (Å²) in [4.78, 5) is 0.191. The van der Waals surface area contributed by atoms with Gasteiger partial charge in [-0.15, -0.1) is 0 Å². The standard InChI is InChI=1S/C21H22O6S/c1-14-7-9-15(10-8-14)28(22,23)21(17-6-5-11-27-17)16-12-19(25-3)20(26-4)13-18(16)24-2/h5-13,21H,1-4H3. The van der Waals surface area contributed by atoms with Gasteiger partial charge in [0.15, 0.2) is 26.6 Å². The highest BCUT2D eigenvalue weighted by Crippen LogP contribution is 2.44. The van der Waals surface area contributed by atoms with Gasteiger partial charge in [-0.3, -0.25) is 0 Å². The second-order valence-electron chi connectivity index (χ2n) is 6.20. The minimum atomic E-state index is -3.84. The van der Waals surface area contributed by atoms with Gasteiger partial charge in [0, 0.05) is 11.6 Å². The first-order valence-electron chi connectivity index (χ1n) is 8.56. The topological polar surface area (TPSA) is 75.0 Å². The number of sulfone groups is 1. The van der Waals surface area contributed by atoms with Crippen LogP contribution in [-0.2, 0) is 9.84 Å². The molecule has 148 valence electrons. The summed E-state index contributed by atoms with van der Waals surface area (Å²) in [6.45, 7) is 1.90. The molecular weight excluding hydrogens is 380 g/mol. The fourth-order valence-electron chi connectivity index (χ4n) is 3.04. The van der Waals surface area contributed by atoms with Gasteiger partial charge in [0.05, 0.1) is 32.5 Å². The van der Waals surface area contributed by atoms with Gasteiger partial charge in [-0.05, 0) is 37.3 Å². The van der Waals surface area contributed by atoms with E-state index in [9.17, 15) is 8.42 Å². The lowest BCUT2D eigenvalue weighted by Crippen LogP contribution is -2.16. The molecule has 0 aliphatic rings. The molecule has 0 saturated carbocycles. The molecule has 0 N–H and O–H groups in total.